The van der Waals surface area contributed by atoms with E-state index >= 15 is 0 Å². The molecule has 1 amide bonds. The lowest BCUT2D eigenvalue weighted by molar-refractivity contribution is -0.132. The van der Waals surface area contributed by atoms with Gasteiger partial charge in [-0.1, -0.05) is 24.3 Å². The third-order valence-corrected chi connectivity index (χ3v) is 5.15. The van der Waals surface area contributed by atoms with Crippen LogP contribution in [0.5, 0.6) is 11.5 Å². The first kappa shape index (κ1) is 18.3. The monoisotopic (exact) mass is 380 g/mol. The number of hydrogen-bond acceptors (Lipinski definition) is 5. The molecule has 1 saturated heterocycles. The van der Waals surface area contributed by atoms with Crippen LogP contribution in [0, 0.1) is 0 Å². The average Bonchev–Trinajstić information content (AvgIpc) is 3.18. The molecule has 0 saturated carbocycles. The normalized spacial score (nSPS) is 15.0. The summed E-state index contributed by atoms with van der Waals surface area (Å²) in [6, 6.07) is 15.3. The number of carbonyl (C=O) groups is 1. The predicted octanol–water partition coefficient (Wildman–Crippen LogP) is 4.01. The number of ether oxygens (including phenoxy) is 2. The summed E-state index contributed by atoms with van der Waals surface area (Å²) in [5, 5.41) is 0. The molecule has 0 atom stereocenters. The maximum Gasteiger partial charge on any atom is 0.225 e. The molecule has 1 fully saturated rings. The van der Waals surface area contributed by atoms with E-state index in [-0.39, 0.29) is 11.8 Å². The van der Waals surface area contributed by atoms with Crippen molar-refractivity contribution in [2.24, 2.45) is 0 Å². The van der Waals surface area contributed by atoms with Gasteiger partial charge in [0.05, 0.1) is 20.1 Å². The Morgan fingerprint density at radius 3 is 2.57 bits per heavy atom. The highest BCUT2D eigenvalue weighted by Crippen LogP contribution is 2.30. The fourth-order valence-electron chi connectivity index (χ4n) is 3.58. The van der Waals surface area contributed by atoms with Crippen molar-refractivity contribution in [1.29, 1.82) is 0 Å². The molecule has 2 aromatic carbocycles. The van der Waals surface area contributed by atoms with E-state index < -0.39 is 0 Å². The van der Waals surface area contributed by atoms with Crippen LogP contribution in [0.3, 0.4) is 0 Å². The van der Waals surface area contributed by atoms with E-state index in [0.717, 1.165) is 42.9 Å². The first-order valence-electron chi connectivity index (χ1n) is 9.63. The highest BCUT2D eigenvalue weighted by atomic mass is 16.5. The van der Waals surface area contributed by atoms with Crippen LogP contribution in [0.2, 0.25) is 0 Å². The van der Waals surface area contributed by atoms with Crippen LogP contribution in [0.25, 0.3) is 11.1 Å². The Morgan fingerprint density at radius 1 is 1.11 bits per heavy atom. The highest BCUT2D eigenvalue weighted by Gasteiger charge is 2.26. The second kappa shape index (κ2) is 8.33. The molecule has 0 spiro atoms. The number of fused-ring (bicyclic) bond motifs is 1. The zero-order valence-corrected chi connectivity index (χ0v) is 16.0. The number of nitrogens with zero attached hydrogens (tertiary/aromatic N) is 2. The Morgan fingerprint density at radius 2 is 1.82 bits per heavy atom. The number of benzene rings is 2. The zero-order chi connectivity index (χ0) is 19.3. The van der Waals surface area contributed by atoms with Crippen LogP contribution in [-0.4, -0.2) is 42.6 Å². The van der Waals surface area contributed by atoms with Crippen LogP contribution in [-0.2, 0) is 4.79 Å². The molecular weight excluding hydrogens is 356 g/mol. The minimum atomic E-state index is 0.117. The standard InChI is InChI=1S/C22H24N2O4/c1-26-19-8-4-5-9-20(19)27-15-12-21(25)24-13-10-16(11-14-24)22-23-17-6-2-3-7-18(17)28-22/h2-9,16H,10-15H2,1H3. The van der Waals surface area contributed by atoms with Gasteiger partial charge in [0.25, 0.3) is 0 Å². The number of carbonyl (C=O) groups excluding carboxylic acids is 1. The van der Waals surface area contributed by atoms with Gasteiger partial charge in [-0.3, -0.25) is 4.79 Å². The van der Waals surface area contributed by atoms with Gasteiger partial charge in [0.2, 0.25) is 5.91 Å². The van der Waals surface area contributed by atoms with Gasteiger partial charge in [-0.2, -0.15) is 0 Å². The van der Waals surface area contributed by atoms with Gasteiger partial charge in [-0.05, 0) is 37.1 Å². The van der Waals surface area contributed by atoms with Gasteiger partial charge in [0.1, 0.15) is 5.52 Å². The molecule has 2 heterocycles. The number of piperidine rings is 1. The van der Waals surface area contributed by atoms with Crippen LogP contribution >= 0.6 is 0 Å². The molecule has 3 aromatic rings. The predicted molar refractivity (Wildman–Crippen MR) is 106 cm³/mol. The van der Waals surface area contributed by atoms with Gasteiger partial charge in [-0.15, -0.1) is 0 Å². The molecule has 0 unspecified atom stereocenters. The molecule has 0 radical (unpaired) electrons. The lowest BCUT2D eigenvalue weighted by atomic mass is 9.96. The molecule has 146 valence electrons. The first-order chi connectivity index (χ1) is 13.7. The number of methoxy groups -OCH3 is 1. The van der Waals surface area contributed by atoms with Crippen LogP contribution in [0.1, 0.15) is 31.1 Å². The third kappa shape index (κ3) is 3.96. The van der Waals surface area contributed by atoms with Gasteiger partial charge in [-0.25, -0.2) is 4.98 Å². The summed E-state index contributed by atoms with van der Waals surface area (Å²) >= 11 is 0. The van der Waals surface area contributed by atoms with Gasteiger partial charge in [0, 0.05) is 19.0 Å². The molecule has 1 aliphatic heterocycles. The van der Waals surface area contributed by atoms with Crippen molar-refractivity contribution in [2.45, 2.75) is 25.2 Å². The molecule has 4 rings (SSSR count). The topological polar surface area (TPSA) is 64.8 Å². The maximum absolute atomic E-state index is 12.5. The Labute approximate surface area is 164 Å². The number of hydrogen-bond donors (Lipinski definition) is 0. The maximum atomic E-state index is 12.5. The molecule has 1 aromatic heterocycles. The van der Waals surface area contributed by atoms with Crippen molar-refractivity contribution in [3.05, 3.63) is 54.4 Å². The van der Waals surface area contributed by atoms with E-state index in [4.69, 9.17) is 13.9 Å². The smallest absolute Gasteiger partial charge is 0.225 e. The number of likely N-dealkylation sites (tertiary alicyclic amines) is 1. The highest BCUT2D eigenvalue weighted by molar-refractivity contribution is 5.76. The SMILES string of the molecule is COc1ccccc1OCCC(=O)N1CCC(c2nc3ccccc3o2)CC1. The summed E-state index contributed by atoms with van der Waals surface area (Å²) < 4.78 is 16.9. The van der Waals surface area contributed by atoms with Crippen LogP contribution in [0.4, 0.5) is 0 Å². The summed E-state index contributed by atoms with van der Waals surface area (Å²) in [6.07, 6.45) is 2.09. The summed E-state index contributed by atoms with van der Waals surface area (Å²) in [5.74, 6) is 2.50. The van der Waals surface area contributed by atoms with E-state index in [9.17, 15) is 4.79 Å². The summed E-state index contributed by atoms with van der Waals surface area (Å²) in [7, 11) is 1.61. The molecule has 0 N–H and O–H groups in total. The molecule has 28 heavy (non-hydrogen) atoms. The van der Waals surface area contributed by atoms with Crippen molar-refractivity contribution in [2.75, 3.05) is 26.8 Å². The quantitative estimate of drug-likeness (QED) is 0.646. The van der Waals surface area contributed by atoms with Gasteiger partial charge in [0.15, 0.2) is 23.0 Å². The van der Waals surface area contributed by atoms with Crippen molar-refractivity contribution in [3.63, 3.8) is 0 Å². The van der Waals surface area contributed by atoms with Crippen molar-refractivity contribution >= 4 is 17.0 Å². The molecule has 0 bridgehead atoms. The Kier molecular flexibility index (Phi) is 5.46. The number of oxazole rings is 1. The van der Waals surface area contributed by atoms with Gasteiger partial charge >= 0.3 is 0 Å². The Hall–Kier alpha value is -3.02. The molecular formula is C22H24N2O4. The van der Waals surface area contributed by atoms with Crippen molar-refractivity contribution in [3.8, 4) is 11.5 Å². The number of rotatable bonds is 6. The number of para-hydroxylation sites is 4. The lowest BCUT2D eigenvalue weighted by Crippen LogP contribution is -2.38. The number of amides is 1. The molecule has 0 aliphatic carbocycles. The Bertz CT molecular complexity index is 911. The minimum absolute atomic E-state index is 0.117. The second-order valence-electron chi connectivity index (χ2n) is 6.92. The Balaban J connectivity index is 1.27. The van der Waals surface area contributed by atoms with E-state index in [1.807, 2.05) is 53.4 Å². The summed E-state index contributed by atoms with van der Waals surface area (Å²) in [5.41, 5.74) is 1.72. The fraction of sp³-hybridized carbons (Fsp3) is 0.364. The van der Waals surface area contributed by atoms with Crippen molar-refractivity contribution < 1.29 is 18.7 Å². The summed E-state index contributed by atoms with van der Waals surface area (Å²) in [6.45, 7) is 1.78. The molecule has 6 nitrogen and oxygen atoms in total. The summed E-state index contributed by atoms with van der Waals surface area (Å²) in [4.78, 5) is 19.0. The zero-order valence-electron chi connectivity index (χ0n) is 16.0. The second-order valence-corrected chi connectivity index (χ2v) is 6.92. The van der Waals surface area contributed by atoms with Crippen molar-refractivity contribution in [1.82, 2.24) is 9.88 Å². The molecule has 6 heteroatoms. The number of aromatic nitrogens is 1. The average molecular weight is 380 g/mol. The fourth-order valence-corrected chi connectivity index (χ4v) is 3.58. The van der Waals surface area contributed by atoms with Crippen LogP contribution < -0.4 is 9.47 Å². The molecule has 1 aliphatic rings. The van der Waals surface area contributed by atoms with E-state index in [1.54, 1.807) is 7.11 Å². The lowest BCUT2D eigenvalue weighted by Gasteiger charge is -2.30. The van der Waals surface area contributed by atoms with E-state index in [2.05, 4.69) is 4.98 Å². The van der Waals surface area contributed by atoms with Crippen LogP contribution in [0.15, 0.2) is 52.9 Å². The van der Waals surface area contributed by atoms with E-state index in [1.165, 1.54) is 0 Å². The first-order valence-corrected chi connectivity index (χ1v) is 9.63. The minimum Gasteiger partial charge on any atom is -0.493 e. The van der Waals surface area contributed by atoms with Gasteiger partial charge < -0.3 is 18.8 Å². The largest absolute Gasteiger partial charge is 0.493 e. The van der Waals surface area contributed by atoms with E-state index in [0.29, 0.717) is 24.5 Å². The third-order valence-electron chi connectivity index (χ3n) is 5.15.